The third-order valence-electron chi connectivity index (χ3n) is 2.67. The van der Waals surface area contributed by atoms with Crippen LogP contribution in [0.15, 0.2) is 12.1 Å². The van der Waals surface area contributed by atoms with Crippen LogP contribution >= 0.6 is 11.6 Å². The molecule has 1 aromatic carbocycles. The van der Waals surface area contributed by atoms with Crippen LogP contribution in [-0.2, 0) is 0 Å². The van der Waals surface area contributed by atoms with Crippen LogP contribution in [0.1, 0.15) is 37.0 Å². The van der Waals surface area contributed by atoms with Crippen molar-refractivity contribution in [2.24, 2.45) is 0 Å². The Bertz CT molecular complexity index is 427. The molecule has 0 spiro atoms. The van der Waals surface area contributed by atoms with Gasteiger partial charge < -0.3 is 14.6 Å². The maximum Gasteiger partial charge on any atom is 0.339 e. The predicted octanol–water partition coefficient (Wildman–Crippen LogP) is 3.61. The van der Waals surface area contributed by atoms with Crippen LogP contribution in [0, 0.1) is 0 Å². The van der Waals surface area contributed by atoms with E-state index in [1.807, 2.05) is 13.8 Å². The van der Waals surface area contributed by atoms with Gasteiger partial charge in [0.25, 0.3) is 0 Å². The van der Waals surface area contributed by atoms with Crippen molar-refractivity contribution in [2.45, 2.75) is 32.8 Å². The molecule has 0 fully saturated rings. The monoisotopic (exact) mass is 272 g/mol. The molecule has 0 aromatic heterocycles. The summed E-state index contributed by atoms with van der Waals surface area (Å²) in [7, 11) is 1.46. The van der Waals surface area contributed by atoms with Gasteiger partial charge in [0.05, 0.1) is 13.2 Å². The number of ether oxygens (including phenoxy) is 2. The van der Waals surface area contributed by atoms with Gasteiger partial charge in [0.2, 0.25) is 0 Å². The minimum absolute atomic E-state index is 0.0197. The summed E-state index contributed by atoms with van der Waals surface area (Å²) in [6.07, 6.45) is 1.54. The van der Waals surface area contributed by atoms with Crippen LogP contribution in [0.4, 0.5) is 0 Å². The second kappa shape index (κ2) is 6.50. The number of hydrogen-bond acceptors (Lipinski definition) is 3. The lowest BCUT2D eigenvalue weighted by Crippen LogP contribution is -2.16. The number of carboxylic acid groups (broad SMARTS) is 1. The fraction of sp³-hybridized carbons (Fsp3) is 0.462. The van der Waals surface area contributed by atoms with Crippen LogP contribution in [0.2, 0.25) is 5.02 Å². The lowest BCUT2D eigenvalue weighted by molar-refractivity contribution is 0.0687. The first-order valence-electron chi connectivity index (χ1n) is 5.80. The Kier molecular flexibility index (Phi) is 5.28. The Hall–Kier alpha value is -1.42. The van der Waals surface area contributed by atoms with E-state index < -0.39 is 5.97 Å². The summed E-state index contributed by atoms with van der Waals surface area (Å²) in [6, 6.07) is 2.91. The third-order valence-corrected chi connectivity index (χ3v) is 2.88. The Morgan fingerprint density at radius 3 is 2.44 bits per heavy atom. The molecule has 5 heteroatoms. The van der Waals surface area contributed by atoms with Gasteiger partial charge >= 0.3 is 5.97 Å². The highest BCUT2D eigenvalue weighted by atomic mass is 35.5. The first-order chi connectivity index (χ1) is 8.53. The van der Waals surface area contributed by atoms with E-state index >= 15 is 0 Å². The van der Waals surface area contributed by atoms with Gasteiger partial charge in [0.1, 0.15) is 5.56 Å². The van der Waals surface area contributed by atoms with Crippen LogP contribution in [0.25, 0.3) is 0 Å². The molecule has 0 bridgehead atoms. The zero-order chi connectivity index (χ0) is 13.7. The summed E-state index contributed by atoms with van der Waals surface area (Å²) in [4.78, 5) is 11.2. The molecule has 0 amide bonds. The van der Waals surface area contributed by atoms with Gasteiger partial charge in [-0.2, -0.15) is 0 Å². The lowest BCUT2D eigenvalue weighted by Gasteiger charge is -2.19. The average molecular weight is 273 g/mol. The van der Waals surface area contributed by atoms with E-state index in [9.17, 15) is 9.90 Å². The van der Waals surface area contributed by atoms with E-state index in [1.165, 1.54) is 13.2 Å². The lowest BCUT2D eigenvalue weighted by atomic mass is 10.1. The zero-order valence-electron chi connectivity index (χ0n) is 10.7. The number of hydrogen-bond donors (Lipinski definition) is 1. The molecule has 100 valence electrons. The molecule has 0 atom stereocenters. The predicted molar refractivity (Wildman–Crippen MR) is 70.0 cm³/mol. The van der Waals surface area contributed by atoms with Gasteiger partial charge in [-0.25, -0.2) is 4.79 Å². The SMILES string of the molecule is CCC(CC)Oc1c(OC)cc(Cl)cc1C(=O)O. The van der Waals surface area contributed by atoms with Gasteiger partial charge in [-0.05, 0) is 18.9 Å². The molecule has 0 radical (unpaired) electrons. The molecule has 0 aliphatic heterocycles. The first-order valence-corrected chi connectivity index (χ1v) is 6.18. The highest BCUT2D eigenvalue weighted by Gasteiger charge is 2.20. The van der Waals surface area contributed by atoms with Crippen LogP contribution in [0.3, 0.4) is 0 Å². The second-order valence-corrected chi connectivity index (χ2v) is 4.28. The fourth-order valence-electron chi connectivity index (χ4n) is 1.62. The molecule has 0 heterocycles. The summed E-state index contributed by atoms with van der Waals surface area (Å²) in [5.74, 6) is -0.508. The molecule has 18 heavy (non-hydrogen) atoms. The third kappa shape index (κ3) is 3.29. The molecule has 0 saturated carbocycles. The minimum Gasteiger partial charge on any atom is -0.493 e. The van der Waals surface area contributed by atoms with Crippen molar-refractivity contribution in [3.8, 4) is 11.5 Å². The van der Waals surface area contributed by atoms with E-state index in [0.717, 1.165) is 12.8 Å². The molecular formula is C13H17ClO4. The Labute approximate surface area is 111 Å². The van der Waals surface area contributed by atoms with Crippen LogP contribution < -0.4 is 9.47 Å². The highest BCUT2D eigenvalue weighted by Crippen LogP contribution is 2.36. The van der Waals surface area contributed by atoms with Crippen molar-refractivity contribution in [3.63, 3.8) is 0 Å². The summed E-state index contributed by atoms with van der Waals surface area (Å²) in [5.41, 5.74) is 0.0197. The standard InChI is InChI=1S/C13H17ClO4/c1-4-9(5-2)18-12-10(13(15)16)6-8(14)7-11(12)17-3/h6-7,9H,4-5H2,1-3H3,(H,15,16). The zero-order valence-corrected chi connectivity index (χ0v) is 11.5. The summed E-state index contributed by atoms with van der Waals surface area (Å²) in [6.45, 7) is 3.97. The van der Waals surface area contributed by atoms with Crippen LogP contribution in [0.5, 0.6) is 11.5 Å². The summed E-state index contributed by atoms with van der Waals surface area (Å²) >= 11 is 5.85. The second-order valence-electron chi connectivity index (χ2n) is 3.85. The molecule has 1 aromatic rings. The van der Waals surface area contributed by atoms with Crippen molar-refractivity contribution < 1.29 is 19.4 Å². The van der Waals surface area contributed by atoms with Crippen molar-refractivity contribution in [1.82, 2.24) is 0 Å². The van der Waals surface area contributed by atoms with E-state index in [1.54, 1.807) is 6.07 Å². The molecule has 0 saturated heterocycles. The van der Waals surface area contributed by atoms with E-state index in [2.05, 4.69) is 0 Å². The normalized spacial score (nSPS) is 10.5. The van der Waals surface area contributed by atoms with E-state index in [-0.39, 0.29) is 17.4 Å². The number of benzene rings is 1. The molecule has 1 N–H and O–H groups in total. The minimum atomic E-state index is -1.09. The molecule has 1 rings (SSSR count). The Balaban J connectivity index is 3.24. The molecular weight excluding hydrogens is 256 g/mol. The maximum atomic E-state index is 11.2. The van der Waals surface area contributed by atoms with Crippen molar-refractivity contribution in [2.75, 3.05) is 7.11 Å². The smallest absolute Gasteiger partial charge is 0.339 e. The van der Waals surface area contributed by atoms with E-state index in [4.69, 9.17) is 21.1 Å². The number of halogens is 1. The van der Waals surface area contributed by atoms with Gasteiger partial charge in [0.15, 0.2) is 11.5 Å². The topological polar surface area (TPSA) is 55.8 Å². The molecule has 4 nitrogen and oxygen atoms in total. The fourth-order valence-corrected chi connectivity index (χ4v) is 1.83. The first kappa shape index (κ1) is 14.6. The maximum absolute atomic E-state index is 11.2. The van der Waals surface area contributed by atoms with Crippen molar-refractivity contribution in [1.29, 1.82) is 0 Å². The quantitative estimate of drug-likeness (QED) is 0.859. The van der Waals surface area contributed by atoms with Crippen molar-refractivity contribution in [3.05, 3.63) is 22.7 Å². The van der Waals surface area contributed by atoms with Gasteiger partial charge in [-0.3, -0.25) is 0 Å². The highest BCUT2D eigenvalue weighted by molar-refractivity contribution is 6.31. The number of aromatic carboxylic acids is 1. The summed E-state index contributed by atoms with van der Waals surface area (Å²) < 4.78 is 10.9. The Morgan fingerprint density at radius 1 is 1.39 bits per heavy atom. The van der Waals surface area contributed by atoms with Crippen molar-refractivity contribution >= 4 is 17.6 Å². The van der Waals surface area contributed by atoms with Crippen LogP contribution in [-0.4, -0.2) is 24.3 Å². The number of carboxylic acids is 1. The van der Waals surface area contributed by atoms with Gasteiger partial charge in [-0.15, -0.1) is 0 Å². The number of methoxy groups -OCH3 is 1. The van der Waals surface area contributed by atoms with Gasteiger partial charge in [0, 0.05) is 11.1 Å². The van der Waals surface area contributed by atoms with Gasteiger partial charge in [-0.1, -0.05) is 25.4 Å². The molecule has 0 aliphatic rings. The average Bonchev–Trinajstić information content (AvgIpc) is 2.36. The number of carbonyl (C=O) groups is 1. The van der Waals surface area contributed by atoms with E-state index in [0.29, 0.717) is 10.8 Å². The molecule has 0 unspecified atom stereocenters. The molecule has 0 aliphatic carbocycles. The largest absolute Gasteiger partial charge is 0.493 e. The summed E-state index contributed by atoms with van der Waals surface area (Å²) in [5, 5.41) is 9.48. The number of rotatable bonds is 6. The Morgan fingerprint density at radius 2 is 2.00 bits per heavy atom.